The Labute approximate surface area is 290 Å². The minimum absolute atomic E-state index is 0.456. The van der Waals surface area contributed by atoms with Gasteiger partial charge in [-0.1, -0.05) is 158 Å². The van der Waals surface area contributed by atoms with Crippen LogP contribution >= 0.6 is 0 Å². The highest BCUT2D eigenvalue weighted by molar-refractivity contribution is 5.83. The molecule has 0 radical (unpaired) electrons. The number of hydrogen-bond acceptors (Lipinski definition) is 4. The fourth-order valence-electron chi connectivity index (χ4n) is 6.06. The minimum Gasteiger partial charge on any atom is -0.423 e. The van der Waals surface area contributed by atoms with Crippen LogP contribution in [-0.4, -0.2) is 15.8 Å². The number of benzene rings is 6. The Morgan fingerprint density at radius 1 is 0.429 bits per heavy atom. The topological polar surface area (TPSA) is 32.8 Å². The molecule has 0 aromatic heterocycles. The second-order valence-electron chi connectivity index (χ2n) is 12.4. The van der Waals surface area contributed by atoms with Crippen molar-refractivity contribution < 1.29 is 9.53 Å². The molecule has 0 heterocycles. The van der Waals surface area contributed by atoms with Gasteiger partial charge in [-0.3, -0.25) is 9.80 Å². The summed E-state index contributed by atoms with van der Waals surface area (Å²) in [6.45, 7) is 8.54. The third kappa shape index (κ3) is 10.2. The van der Waals surface area contributed by atoms with E-state index in [1.807, 2.05) is 30.3 Å². The van der Waals surface area contributed by atoms with Crippen LogP contribution in [0.15, 0.2) is 176 Å². The Morgan fingerprint density at radius 2 is 0.714 bits per heavy atom. The van der Waals surface area contributed by atoms with Crippen LogP contribution in [-0.2, 0) is 44.1 Å². The molecule has 0 bridgehead atoms. The lowest BCUT2D eigenvalue weighted by Gasteiger charge is -2.23. The summed E-state index contributed by atoms with van der Waals surface area (Å²) in [7, 11) is 0. The summed E-state index contributed by atoms with van der Waals surface area (Å²) in [5.41, 5.74) is 10.0. The lowest BCUT2D eigenvalue weighted by atomic mass is 10.0. The molecule has 4 heteroatoms. The van der Waals surface area contributed by atoms with Crippen molar-refractivity contribution in [3.05, 3.63) is 210 Å². The van der Waals surface area contributed by atoms with Crippen molar-refractivity contribution in [3.8, 4) is 16.9 Å². The molecule has 6 aromatic rings. The van der Waals surface area contributed by atoms with Crippen molar-refractivity contribution in [3.63, 3.8) is 0 Å². The zero-order chi connectivity index (χ0) is 33.7. The molecule has 0 saturated heterocycles. The number of rotatable bonds is 15. The van der Waals surface area contributed by atoms with E-state index in [2.05, 4.69) is 150 Å². The van der Waals surface area contributed by atoms with Crippen molar-refractivity contribution in [1.29, 1.82) is 0 Å². The number of nitrogens with zero attached hydrogens (tertiary/aromatic N) is 2. The molecule has 6 rings (SSSR count). The Kier molecular flexibility index (Phi) is 11.6. The van der Waals surface area contributed by atoms with E-state index in [0.29, 0.717) is 5.75 Å². The predicted octanol–water partition coefficient (Wildman–Crippen LogP) is 9.85. The molecule has 0 N–H and O–H groups in total. The molecule has 0 atom stereocenters. The summed E-state index contributed by atoms with van der Waals surface area (Å²) in [6, 6.07) is 57.6. The first-order valence-corrected chi connectivity index (χ1v) is 16.8. The Bertz CT molecular complexity index is 1850. The molecule has 0 aliphatic carbocycles. The van der Waals surface area contributed by atoms with Gasteiger partial charge in [0.1, 0.15) is 5.75 Å². The maximum atomic E-state index is 11.6. The summed E-state index contributed by atoms with van der Waals surface area (Å²) in [5, 5.41) is 0. The van der Waals surface area contributed by atoms with Crippen LogP contribution in [0.4, 0.5) is 0 Å². The summed E-state index contributed by atoms with van der Waals surface area (Å²) in [6.07, 6.45) is 1.17. The van der Waals surface area contributed by atoms with Crippen LogP contribution in [0, 0.1) is 0 Å². The first kappa shape index (κ1) is 33.4. The Balaban J connectivity index is 1.11. The number of carbonyl (C=O) groups is 1. The SMILES string of the molecule is C=CC(=O)Oc1ccc(CN(Cc2ccccc2)Cc2ccc(-c3ccc(CN(Cc4ccccc4)Cc4ccccc4)cc3)cc2)cc1. The molecule has 6 aromatic carbocycles. The van der Waals surface area contributed by atoms with E-state index >= 15 is 0 Å². The van der Waals surface area contributed by atoms with Gasteiger partial charge in [0.2, 0.25) is 0 Å². The molecule has 0 amide bonds. The van der Waals surface area contributed by atoms with Crippen molar-refractivity contribution >= 4 is 5.97 Å². The van der Waals surface area contributed by atoms with E-state index in [1.54, 1.807) is 0 Å². The zero-order valence-corrected chi connectivity index (χ0v) is 27.8. The molecule has 4 nitrogen and oxygen atoms in total. The Morgan fingerprint density at radius 3 is 1.02 bits per heavy atom. The van der Waals surface area contributed by atoms with E-state index in [9.17, 15) is 4.79 Å². The highest BCUT2D eigenvalue weighted by Crippen LogP contribution is 2.24. The quantitative estimate of drug-likeness (QED) is 0.0634. The average molecular weight is 643 g/mol. The molecule has 0 fully saturated rings. The smallest absolute Gasteiger partial charge is 0.335 e. The minimum atomic E-state index is -0.456. The van der Waals surface area contributed by atoms with Crippen LogP contribution < -0.4 is 4.74 Å². The van der Waals surface area contributed by atoms with Gasteiger partial charge in [0, 0.05) is 45.3 Å². The number of carbonyl (C=O) groups excluding carboxylic acids is 1. The van der Waals surface area contributed by atoms with Gasteiger partial charge in [0.25, 0.3) is 0 Å². The van der Waals surface area contributed by atoms with Gasteiger partial charge in [-0.05, 0) is 56.6 Å². The maximum absolute atomic E-state index is 11.6. The zero-order valence-electron chi connectivity index (χ0n) is 27.8. The molecule has 0 aliphatic heterocycles. The second-order valence-corrected chi connectivity index (χ2v) is 12.4. The molecule has 49 heavy (non-hydrogen) atoms. The van der Waals surface area contributed by atoms with Gasteiger partial charge in [-0.25, -0.2) is 4.79 Å². The van der Waals surface area contributed by atoms with Crippen molar-refractivity contribution in [2.24, 2.45) is 0 Å². The van der Waals surface area contributed by atoms with Crippen LogP contribution in [0.2, 0.25) is 0 Å². The van der Waals surface area contributed by atoms with Gasteiger partial charge in [-0.15, -0.1) is 0 Å². The third-order valence-corrected chi connectivity index (χ3v) is 8.52. The lowest BCUT2D eigenvalue weighted by molar-refractivity contribution is -0.128. The summed E-state index contributed by atoms with van der Waals surface area (Å²) >= 11 is 0. The van der Waals surface area contributed by atoms with Gasteiger partial charge in [0.15, 0.2) is 0 Å². The summed E-state index contributed by atoms with van der Waals surface area (Å²) in [5.74, 6) is 0.0609. The number of esters is 1. The maximum Gasteiger partial charge on any atom is 0.335 e. The molecular formula is C45H42N2O2. The molecule has 0 spiro atoms. The second kappa shape index (κ2) is 17.0. The highest BCUT2D eigenvalue weighted by atomic mass is 16.5. The van der Waals surface area contributed by atoms with Crippen LogP contribution in [0.5, 0.6) is 5.75 Å². The van der Waals surface area contributed by atoms with E-state index < -0.39 is 5.97 Å². The molecule has 0 unspecified atom stereocenters. The normalized spacial score (nSPS) is 11.1. The van der Waals surface area contributed by atoms with Crippen molar-refractivity contribution in [2.45, 2.75) is 39.3 Å². The fraction of sp³-hybridized carbons (Fsp3) is 0.133. The van der Waals surface area contributed by atoms with Gasteiger partial charge in [0.05, 0.1) is 0 Å². The standard InChI is InChI=1S/C45H42N2O2/c1-2-45(48)49-44-28-22-41(23-29-44)35-47(32-38-16-10-5-11-17-38)34-40-20-26-43(27-21-40)42-24-18-39(19-25-42)33-46(30-36-12-6-3-7-13-36)31-37-14-8-4-9-15-37/h2-29H,1,30-35H2. The predicted molar refractivity (Wildman–Crippen MR) is 199 cm³/mol. The van der Waals surface area contributed by atoms with Gasteiger partial charge in [-0.2, -0.15) is 0 Å². The molecule has 0 saturated carbocycles. The Hall–Kier alpha value is -5.55. The molecular weight excluding hydrogens is 601 g/mol. The largest absolute Gasteiger partial charge is 0.423 e. The van der Waals surface area contributed by atoms with Crippen molar-refractivity contribution in [2.75, 3.05) is 0 Å². The molecule has 0 aliphatic rings. The molecule has 244 valence electrons. The third-order valence-electron chi connectivity index (χ3n) is 8.52. The van der Waals surface area contributed by atoms with Crippen molar-refractivity contribution in [1.82, 2.24) is 9.80 Å². The highest BCUT2D eigenvalue weighted by Gasteiger charge is 2.12. The monoisotopic (exact) mass is 642 g/mol. The first-order valence-electron chi connectivity index (χ1n) is 16.8. The summed E-state index contributed by atoms with van der Waals surface area (Å²) < 4.78 is 5.26. The van der Waals surface area contributed by atoms with Gasteiger partial charge < -0.3 is 4.74 Å². The van der Waals surface area contributed by atoms with E-state index in [0.717, 1.165) is 44.8 Å². The van der Waals surface area contributed by atoms with Gasteiger partial charge >= 0.3 is 5.97 Å². The van der Waals surface area contributed by atoms with Crippen LogP contribution in [0.3, 0.4) is 0 Å². The van der Waals surface area contributed by atoms with E-state index in [1.165, 1.54) is 45.0 Å². The fourth-order valence-corrected chi connectivity index (χ4v) is 6.06. The average Bonchev–Trinajstić information content (AvgIpc) is 3.14. The number of hydrogen-bond donors (Lipinski definition) is 0. The van der Waals surface area contributed by atoms with E-state index in [4.69, 9.17) is 4.74 Å². The number of ether oxygens (including phenoxy) is 1. The van der Waals surface area contributed by atoms with E-state index in [-0.39, 0.29) is 0 Å². The lowest BCUT2D eigenvalue weighted by Crippen LogP contribution is -2.22. The van der Waals surface area contributed by atoms with Crippen LogP contribution in [0.25, 0.3) is 11.1 Å². The summed E-state index contributed by atoms with van der Waals surface area (Å²) in [4.78, 5) is 16.5. The van der Waals surface area contributed by atoms with Crippen LogP contribution in [0.1, 0.15) is 33.4 Å². The first-order chi connectivity index (χ1) is 24.1.